The van der Waals surface area contributed by atoms with Crippen LogP contribution in [0, 0.1) is 17.6 Å². The molecule has 0 saturated carbocycles. The molecular formula is C27H24F6N7OSi. The van der Waals surface area contributed by atoms with Gasteiger partial charge in [-0.15, -0.1) is 5.10 Å². The van der Waals surface area contributed by atoms with Gasteiger partial charge >= 0.3 is 6.18 Å². The average Bonchev–Trinajstić information content (AvgIpc) is 3.55. The van der Waals surface area contributed by atoms with E-state index in [2.05, 4.69) is 38.1 Å². The van der Waals surface area contributed by atoms with Gasteiger partial charge in [-0.1, -0.05) is 13.1 Å². The van der Waals surface area contributed by atoms with Crippen LogP contribution in [0.4, 0.5) is 26.3 Å². The number of halogens is 6. The molecule has 5 rings (SSSR count). The first-order valence-corrected chi connectivity index (χ1v) is 15.4. The van der Waals surface area contributed by atoms with Crippen molar-refractivity contribution in [1.82, 2.24) is 34.3 Å². The van der Waals surface area contributed by atoms with Gasteiger partial charge in [-0.3, -0.25) is 9.55 Å². The van der Waals surface area contributed by atoms with E-state index >= 15 is 4.39 Å². The molecule has 15 heteroatoms. The molecule has 1 unspecified atom stereocenters. The second-order valence-corrected chi connectivity index (χ2v) is 12.8. The third kappa shape index (κ3) is 6.06. The standard InChI is InChI=1S/C27H24F6N7OSi/c1-15(12-42(2)3)41-14-39-20-10-16(8-17-4-7-35-24(30)22(17)29)9-19(28)23(20)37-26(39)25-36-13-40(38-25)21-11-34-6-5-18(21)27(31,32)33/h4-7,9-11,13,15H,8,12,14H2,1-3H3. The molecule has 0 bridgehead atoms. The molecule has 219 valence electrons. The van der Waals surface area contributed by atoms with Gasteiger partial charge in [0, 0.05) is 27.6 Å². The summed E-state index contributed by atoms with van der Waals surface area (Å²) in [5.74, 6) is -3.18. The largest absolute Gasteiger partial charge is 0.418 e. The van der Waals surface area contributed by atoms with Crippen LogP contribution in [0.15, 0.2) is 49.2 Å². The number of fused-ring (bicyclic) bond motifs is 1. The van der Waals surface area contributed by atoms with Gasteiger partial charge < -0.3 is 4.74 Å². The van der Waals surface area contributed by atoms with Crippen molar-refractivity contribution in [3.05, 3.63) is 83.5 Å². The van der Waals surface area contributed by atoms with E-state index in [-0.39, 0.29) is 53.2 Å². The fourth-order valence-corrected chi connectivity index (χ4v) is 5.84. The summed E-state index contributed by atoms with van der Waals surface area (Å²) in [6.07, 6.45) is -0.730. The number of hydrogen-bond acceptors (Lipinski definition) is 6. The smallest absolute Gasteiger partial charge is 0.358 e. The van der Waals surface area contributed by atoms with Gasteiger partial charge in [-0.05, 0) is 48.4 Å². The number of hydrogen-bond donors (Lipinski definition) is 0. The van der Waals surface area contributed by atoms with Crippen LogP contribution in [-0.4, -0.2) is 49.2 Å². The van der Waals surface area contributed by atoms with Crippen molar-refractivity contribution < 1.29 is 31.1 Å². The number of benzene rings is 1. The molecule has 1 aromatic carbocycles. The maximum absolute atomic E-state index is 15.4. The van der Waals surface area contributed by atoms with E-state index in [1.807, 2.05) is 6.92 Å². The first-order chi connectivity index (χ1) is 19.9. The Balaban J connectivity index is 1.60. The topological polar surface area (TPSA) is 83.5 Å². The molecule has 1 atom stereocenters. The second kappa shape index (κ2) is 11.6. The molecule has 0 saturated heterocycles. The SMILES string of the molecule is CC(C[Si](C)C)OCn1c(-c2ncn(-c3cnccc3C(F)(F)F)n2)nc2c(F)cc(Cc3ccnc(F)c3F)cc21. The monoisotopic (exact) mass is 604 g/mol. The highest BCUT2D eigenvalue weighted by atomic mass is 28.3. The minimum Gasteiger partial charge on any atom is -0.358 e. The van der Waals surface area contributed by atoms with Crippen LogP contribution in [0.5, 0.6) is 0 Å². The van der Waals surface area contributed by atoms with Crippen LogP contribution in [-0.2, 0) is 24.1 Å². The van der Waals surface area contributed by atoms with E-state index in [0.29, 0.717) is 5.56 Å². The predicted octanol–water partition coefficient (Wildman–Crippen LogP) is 6.22. The van der Waals surface area contributed by atoms with E-state index in [9.17, 15) is 22.0 Å². The molecule has 0 aliphatic rings. The zero-order chi connectivity index (χ0) is 30.2. The van der Waals surface area contributed by atoms with Crippen LogP contribution >= 0.6 is 0 Å². The third-order valence-electron chi connectivity index (χ3n) is 6.42. The summed E-state index contributed by atoms with van der Waals surface area (Å²) in [7, 11) is -0.633. The molecular weight excluding hydrogens is 580 g/mol. The zero-order valence-electron chi connectivity index (χ0n) is 22.6. The lowest BCUT2D eigenvalue weighted by molar-refractivity contribution is -0.137. The van der Waals surface area contributed by atoms with Crippen LogP contribution in [0.25, 0.3) is 28.4 Å². The average molecular weight is 605 g/mol. The Morgan fingerprint density at radius 2 is 1.83 bits per heavy atom. The van der Waals surface area contributed by atoms with Gasteiger partial charge in [-0.25, -0.2) is 28.4 Å². The normalized spacial score (nSPS) is 12.9. The van der Waals surface area contributed by atoms with Crippen LogP contribution < -0.4 is 0 Å². The molecule has 0 N–H and O–H groups in total. The minimum atomic E-state index is -4.67. The Hall–Kier alpha value is -4.11. The van der Waals surface area contributed by atoms with Gasteiger partial charge in [0.1, 0.15) is 18.6 Å². The Morgan fingerprint density at radius 1 is 1.05 bits per heavy atom. The van der Waals surface area contributed by atoms with Gasteiger partial charge in [-0.2, -0.15) is 17.6 Å². The number of imidazole rings is 1. The quantitative estimate of drug-likeness (QED) is 0.113. The predicted molar refractivity (Wildman–Crippen MR) is 143 cm³/mol. The summed E-state index contributed by atoms with van der Waals surface area (Å²) in [5.41, 5.74) is -0.828. The van der Waals surface area contributed by atoms with E-state index < -0.39 is 38.1 Å². The molecule has 0 fully saturated rings. The summed E-state index contributed by atoms with van der Waals surface area (Å²) in [6, 6.07) is 5.67. The molecule has 4 aromatic heterocycles. The van der Waals surface area contributed by atoms with E-state index in [0.717, 1.165) is 47.8 Å². The van der Waals surface area contributed by atoms with Crippen molar-refractivity contribution in [3.8, 4) is 17.3 Å². The number of aromatic nitrogens is 7. The summed E-state index contributed by atoms with van der Waals surface area (Å²) in [5, 5.41) is 4.21. The lowest BCUT2D eigenvalue weighted by atomic mass is 10.0. The third-order valence-corrected chi connectivity index (χ3v) is 7.81. The summed E-state index contributed by atoms with van der Waals surface area (Å²) in [6.45, 7) is 6.07. The maximum atomic E-state index is 15.4. The molecule has 0 spiro atoms. The lowest BCUT2D eigenvalue weighted by Crippen LogP contribution is -2.17. The molecule has 42 heavy (non-hydrogen) atoms. The summed E-state index contributed by atoms with van der Waals surface area (Å²) >= 11 is 0. The first-order valence-electron chi connectivity index (χ1n) is 12.7. The van der Waals surface area contributed by atoms with Crippen LogP contribution in [0.1, 0.15) is 23.6 Å². The highest BCUT2D eigenvalue weighted by molar-refractivity contribution is 6.55. The van der Waals surface area contributed by atoms with Gasteiger partial charge in [0.15, 0.2) is 17.5 Å². The van der Waals surface area contributed by atoms with Gasteiger partial charge in [0.05, 0.1) is 29.1 Å². The number of nitrogens with zero attached hydrogens (tertiary/aromatic N) is 7. The number of rotatable bonds is 9. The number of pyridine rings is 2. The van der Waals surface area contributed by atoms with Crippen molar-refractivity contribution in [2.24, 2.45) is 0 Å². The lowest BCUT2D eigenvalue weighted by Gasteiger charge is -2.16. The minimum absolute atomic E-state index is 0.0182. The summed E-state index contributed by atoms with van der Waals surface area (Å²) in [4.78, 5) is 15.6. The Kier molecular flexibility index (Phi) is 8.14. The zero-order valence-corrected chi connectivity index (χ0v) is 23.6. The molecule has 0 aliphatic carbocycles. The van der Waals surface area contributed by atoms with Crippen LogP contribution in [0.2, 0.25) is 19.1 Å². The fourth-order valence-electron chi connectivity index (χ4n) is 4.58. The van der Waals surface area contributed by atoms with E-state index in [1.165, 1.54) is 10.6 Å². The van der Waals surface area contributed by atoms with E-state index in [1.54, 1.807) is 6.07 Å². The first kappa shape index (κ1) is 29.4. The van der Waals surface area contributed by atoms with Crippen molar-refractivity contribution in [1.29, 1.82) is 0 Å². The Labute approximate surface area is 237 Å². The van der Waals surface area contributed by atoms with Gasteiger partial charge in [0.25, 0.3) is 0 Å². The van der Waals surface area contributed by atoms with Crippen molar-refractivity contribution in [2.75, 3.05) is 0 Å². The van der Waals surface area contributed by atoms with Gasteiger partial charge in [0.2, 0.25) is 11.8 Å². The molecule has 1 radical (unpaired) electrons. The Morgan fingerprint density at radius 3 is 2.57 bits per heavy atom. The van der Waals surface area contributed by atoms with E-state index in [4.69, 9.17) is 4.74 Å². The molecule has 0 aliphatic heterocycles. The Bertz CT molecular complexity index is 1740. The molecule has 5 aromatic rings. The molecule has 8 nitrogen and oxygen atoms in total. The fraction of sp³-hybridized carbons (Fsp3) is 0.296. The van der Waals surface area contributed by atoms with Crippen LogP contribution in [0.3, 0.4) is 0 Å². The molecule has 4 heterocycles. The number of alkyl halides is 3. The van der Waals surface area contributed by atoms with Crippen molar-refractivity contribution >= 4 is 19.8 Å². The van der Waals surface area contributed by atoms with Crippen molar-refractivity contribution in [3.63, 3.8) is 0 Å². The highest BCUT2D eigenvalue weighted by Crippen LogP contribution is 2.33. The summed E-state index contributed by atoms with van der Waals surface area (Å²) < 4.78 is 92.7. The number of ether oxygens (including phenoxy) is 1. The highest BCUT2D eigenvalue weighted by Gasteiger charge is 2.34. The maximum Gasteiger partial charge on any atom is 0.418 e. The molecule has 0 amide bonds. The second-order valence-electron chi connectivity index (χ2n) is 9.98. The van der Waals surface area contributed by atoms with Crippen molar-refractivity contribution in [2.45, 2.75) is 51.5 Å².